The van der Waals surface area contributed by atoms with Crippen LogP contribution in [0.4, 0.5) is 0 Å². The van der Waals surface area contributed by atoms with Gasteiger partial charge in [-0.2, -0.15) is 0 Å². The Hall–Kier alpha value is 0.467. The van der Waals surface area contributed by atoms with Crippen LogP contribution in [-0.4, -0.2) is 20.3 Å². The van der Waals surface area contributed by atoms with Crippen LogP contribution in [0.3, 0.4) is 0 Å². The predicted octanol–water partition coefficient (Wildman–Crippen LogP) is 2.86. The molecule has 0 aromatic heterocycles. The van der Waals surface area contributed by atoms with E-state index in [1.54, 1.807) is 0 Å². The Morgan fingerprint density at radius 2 is 1.90 bits per heavy atom. The zero-order valence-electron chi connectivity index (χ0n) is 7.28. The van der Waals surface area contributed by atoms with Crippen molar-refractivity contribution in [3.05, 3.63) is 0 Å². The van der Waals surface area contributed by atoms with Gasteiger partial charge in [-0.3, -0.25) is 0 Å². The minimum atomic E-state index is -1.40. The molecule has 0 fully saturated rings. The van der Waals surface area contributed by atoms with Crippen molar-refractivity contribution >= 4 is 19.9 Å². The van der Waals surface area contributed by atoms with Crippen LogP contribution in [-0.2, 0) is 4.43 Å². The van der Waals surface area contributed by atoms with Gasteiger partial charge in [0, 0.05) is 12.0 Å². The van der Waals surface area contributed by atoms with Crippen molar-refractivity contribution in [2.45, 2.75) is 39.1 Å². The van der Waals surface area contributed by atoms with E-state index in [9.17, 15) is 0 Å². The molecule has 0 radical (unpaired) electrons. The molecule has 0 bridgehead atoms. The first kappa shape index (κ1) is 10.5. The van der Waals surface area contributed by atoms with Crippen LogP contribution >= 0.6 is 11.6 Å². The average Bonchev–Trinajstić information content (AvgIpc) is 1.59. The van der Waals surface area contributed by atoms with Crippen LogP contribution in [0.2, 0.25) is 19.1 Å². The van der Waals surface area contributed by atoms with Gasteiger partial charge in [0.2, 0.25) is 0 Å². The number of alkyl halides is 1. The van der Waals surface area contributed by atoms with Crippen LogP contribution < -0.4 is 0 Å². The number of halogens is 1. The van der Waals surface area contributed by atoms with Gasteiger partial charge in [0.1, 0.15) is 0 Å². The first-order chi connectivity index (χ1) is 4.48. The van der Waals surface area contributed by atoms with E-state index in [0.29, 0.717) is 6.10 Å². The Labute approximate surface area is 69.9 Å². The molecule has 0 amide bonds. The second-order valence-electron chi connectivity index (χ2n) is 3.37. The molecule has 0 aliphatic carbocycles. The average molecular weight is 181 g/mol. The van der Waals surface area contributed by atoms with Gasteiger partial charge in [-0.15, -0.1) is 11.6 Å². The third kappa shape index (κ3) is 5.27. The van der Waals surface area contributed by atoms with Gasteiger partial charge in [0.15, 0.2) is 8.32 Å². The SMILES string of the molecule is CC(C)O[Si](C)(C)CCCl. The Kier molecular flexibility index (Phi) is 4.57. The third-order valence-corrected chi connectivity index (χ3v) is 4.32. The highest BCUT2D eigenvalue weighted by Gasteiger charge is 2.22. The minimum Gasteiger partial charge on any atom is -0.415 e. The monoisotopic (exact) mass is 180 g/mol. The van der Waals surface area contributed by atoms with Crippen LogP contribution in [0.1, 0.15) is 13.8 Å². The van der Waals surface area contributed by atoms with Crippen molar-refractivity contribution in [3.63, 3.8) is 0 Å². The highest BCUT2D eigenvalue weighted by molar-refractivity contribution is 6.71. The second-order valence-corrected chi connectivity index (χ2v) is 8.00. The van der Waals surface area contributed by atoms with Crippen LogP contribution in [0, 0.1) is 0 Å². The molecule has 0 atom stereocenters. The molecule has 0 heterocycles. The van der Waals surface area contributed by atoms with Crippen LogP contribution in [0.5, 0.6) is 0 Å². The molecule has 0 saturated heterocycles. The van der Waals surface area contributed by atoms with Crippen LogP contribution in [0.25, 0.3) is 0 Å². The van der Waals surface area contributed by atoms with E-state index in [-0.39, 0.29) is 0 Å². The highest BCUT2D eigenvalue weighted by Crippen LogP contribution is 2.13. The largest absolute Gasteiger partial charge is 0.415 e. The third-order valence-electron chi connectivity index (χ3n) is 1.25. The van der Waals surface area contributed by atoms with Gasteiger partial charge < -0.3 is 4.43 Å². The van der Waals surface area contributed by atoms with Gasteiger partial charge in [-0.05, 0) is 33.0 Å². The Balaban J connectivity index is 3.63. The molecule has 0 aliphatic heterocycles. The summed E-state index contributed by atoms with van der Waals surface area (Å²) in [5.74, 6) is 0.728. The molecular weight excluding hydrogens is 164 g/mol. The van der Waals surface area contributed by atoms with E-state index < -0.39 is 8.32 Å². The zero-order chi connectivity index (χ0) is 8.20. The van der Waals surface area contributed by atoms with Gasteiger partial charge in [-0.25, -0.2) is 0 Å². The summed E-state index contributed by atoms with van der Waals surface area (Å²) >= 11 is 5.62. The summed E-state index contributed by atoms with van der Waals surface area (Å²) < 4.78 is 5.73. The van der Waals surface area contributed by atoms with Crippen molar-refractivity contribution in [3.8, 4) is 0 Å². The maximum absolute atomic E-state index is 5.73. The fourth-order valence-corrected chi connectivity index (χ4v) is 4.14. The lowest BCUT2D eigenvalue weighted by molar-refractivity contribution is 0.232. The highest BCUT2D eigenvalue weighted by atomic mass is 35.5. The maximum Gasteiger partial charge on any atom is 0.188 e. The second kappa shape index (κ2) is 4.37. The summed E-state index contributed by atoms with van der Waals surface area (Å²) in [4.78, 5) is 0. The lowest BCUT2D eigenvalue weighted by Crippen LogP contribution is -2.33. The molecule has 0 saturated carbocycles. The van der Waals surface area contributed by atoms with Crippen molar-refractivity contribution in [1.82, 2.24) is 0 Å². The van der Waals surface area contributed by atoms with Crippen molar-refractivity contribution in [2.75, 3.05) is 5.88 Å². The number of hydrogen-bond acceptors (Lipinski definition) is 1. The standard InChI is InChI=1S/C7H17ClOSi/c1-7(2)9-10(3,4)6-5-8/h7H,5-6H2,1-4H3. The summed E-state index contributed by atoms with van der Waals surface area (Å²) in [5.41, 5.74) is 0. The summed E-state index contributed by atoms with van der Waals surface area (Å²) in [7, 11) is -1.40. The molecule has 0 spiro atoms. The molecule has 62 valence electrons. The Morgan fingerprint density at radius 3 is 2.20 bits per heavy atom. The van der Waals surface area contributed by atoms with E-state index >= 15 is 0 Å². The summed E-state index contributed by atoms with van der Waals surface area (Å²) in [6, 6.07) is 1.05. The van der Waals surface area contributed by atoms with Crippen molar-refractivity contribution in [2.24, 2.45) is 0 Å². The molecular formula is C7H17ClOSi. The van der Waals surface area contributed by atoms with Crippen molar-refractivity contribution in [1.29, 1.82) is 0 Å². The Bertz CT molecular complexity index is 93.6. The summed E-state index contributed by atoms with van der Waals surface area (Å²) in [5, 5.41) is 0. The minimum absolute atomic E-state index is 0.352. The van der Waals surface area contributed by atoms with E-state index in [4.69, 9.17) is 16.0 Å². The summed E-state index contributed by atoms with van der Waals surface area (Å²) in [6.45, 7) is 8.55. The van der Waals surface area contributed by atoms with Crippen LogP contribution in [0.15, 0.2) is 0 Å². The molecule has 1 nitrogen and oxygen atoms in total. The van der Waals surface area contributed by atoms with E-state index in [1.165, 1.54) is 0 Å². The van der Waals surface area contributed by atoms with Gasteiger partial charge in [-0.1, -0.05) is 0 Å². The molecule has 0 N–H and O–H groups in total. The van der Waals surface area contributed by atoms with Crippen molar-refractivity contribution < 1.29 is 4.43 Å². The van der Waals surface area contributed by atoms with Gasteiger partial charge in [0.25, 0.3) is 0 Å². The molecule has 10 heavy (non-hydrogen) atoms. The van der Waals surface area contributed by atoms with E-state index in [1.807, 2.05) is 0 Å². The molecule has 0 aliphatic rings. The van der Waals surface area contributed by atoms with E-state index in [2.05, 4.69) is 26.9 Å². The lowest BCUT2D eigenvalue weighted by Gasteiger charge is -2.24. The number of hydrogen-bond donors (Lipinski definition) is 0. The smallest absolute Gasteiger partial charge is 0.188 e. The van der Waals surface area contributed by atoms with Gasteiger partial charge >= 0.3 is 0 Å². The first-order valence-corrected chi connectivity index (χ1v) is 7.37. The predicted molar refractivity (Wildman–Crippen MR) is 49.2 cm³/mol. The quantitative estimate of drug-likeness (QED) is 0.478. The van der Waals surface area contributed by atoms with E-state index in [0.717, 1.165) is 11.9 Å². The van der Waals surface area contributed by atoms with Gasteiger partial charge in [0.05, 0.1) is 0 Å². The molecule has 0 rings (SSSR count). The topological polar surface area (TPSA) is 9.23 Å². The Morgan fingerprint density at radius 1 is 1.40 bits per heavy atom. The fourth-order valence-electron chi connectivity index (χ4n) is 0.925. The summed E-state index contributed by atoms with van der Waals surface area (Å²) in [6.07, 6.45) is 0.352. The molecule has 0 aromatic rings. The molecule has 0 aromatic carbocycles. The first-order valence-electron chi connectivity index (χ1n) is 3.72. The fraction of sp³-hybridized carbons (Fsp3) is 1.00. The lowest BCUT2D eigenvalue weighted by atomic mass is 10.5. The maximum atomic E-state index is 5.73. The molecule has 3 heteroatoms. The number of rotatable bonds is 4. The normalized spacial score (nSPS) is 12.6. The zero-order valence-corrected chi connectivity index (χ0v) is 9.03. The molecule has 0 unspecified atom stereocenters.